The van der Waals surface area contributed by atoms with Crippen LogP contribution in [0.15, 0.2) is 12.4 Å². The van der Waals surface area contributed by atoms with Crippen LogP contribution in [-0.2, 0) is 4.74 Å². The van der Waals surface area contributed by atoms with E-state index in [9.17, 15) is 0 Å². The first-order valence-corrected chi connectivity index (χ1v) is 6.24. The second kappa shape index (κ2) is 6.51. The van der Waals surface area contributed by atoms with Crippen molar-refractivity contribution in [1.29, 1.82) is 0 Å². The van der Waals surface area contributed by atoms with Gasteiger partial charge in [-0.05, 0) is 37.3 Å². The van der Waals surface area contributed by atoms with E-state index in [0.717, 1.165) is 39.0 Å². The number of anilines is 1. The Morgan fingerprint density at radius 3 is 2.65 bits per heavy atom. The number of hydrogen-bond donors (Lipinski definition) is 2. The van der Waals surface area contributed by atoms with E-state index in [0.29, 0.717) is 18.4 Å². The molecule has 0 spiro atoms. The minimum atomic E-state index is 0.557. The predicted octanol–water partition coefficient (Wildman–Crippen LogP) is 1.13. The van der Waals surface area contributed by atoms with Gasteiger partial charge in [0.2, 0.25) is 5.95 Å². The zero-order valence-corrected chi connectivity index (χ0v) is 10.1. The maximum absolute atomic E-state index is 5.42. The van der Waals surface area contributed by atoms with Gasteiger partial charge in [0.05, 0.1) is 0 Å². The molecule has 2 heterocycles. The van der Waals surface area contributed by atoms with E-state index >= 15 is 0 Å². The lowest BCUT2D eigenvalue weighted by atomic mass is 9.94. The molecule has 1 aromatic rings. The third kappa shape index (κ3) is 3.64. The largest absolute Gasteiger partial charge is 0.381 e. The summed E-state index contributed by atoms with van der Waals surface area (Å²) in [5.41, 5.74) is 6.64. The van der Waals surface area contributed by atoms with Crippen LogP contribution in [0.25, 0.3) is 0 Å². The van der Waals surface area contributed by atoms with Gasteiger partial charge in [0, 0.05) is 32.2 Å². The Balaban J connectivity index is 1.88. The molecule has 5 heteroatoms. The minimum absolute atomic E-state index is 0.557. The average Bonchev–Trinajstić information content (AvgIpc) is 2.41. The Morgan fingerprint density at radius 1 is 1.29 bits per heavy atom. The van der Waals surface area contributed by atoms with Crippen molar-refractivity contribution in [1.82, 2.24) is 9.97 Å². The Bertz CT molecular complexity index is 322. The molecule has 0 aromatic carbocycles. The molecule has 0 radical (unpaired) electrons. The molecule has 0 aliphatic carbocycles. The Labute approximate surface area is 102 Å². The molecule has 5 nitrogen and oxygen atoms in total. The van der Waals surface area contributed by atoms with Gasteiger partial charge in [0.1, 0.15) is 0 Å². The minimum Gasteiger partial charge on any atom is -0.381 e. The van der Waals surface area contributed by atoms with Gasteiger partial charge < -0.3 is 15.8 Å². The van der Waals surface area contributed by atoms with Gasteiger partial charge in [-0.15, -0.1) is 0 Å². The fraction of sp³-hybridized carbons (Fsp3) is 0.667. The highest BCUT2D eigenvalue weighted by molar-refractivity contribution is 5.25. The third-order valence-corrected chi connectivity index (χ3v) is 3.03. The monoisotopic (exact) mass is 236 g/mol. The first-order valence-electron chi connectivity index (χ1n) is 6.24. The summed E-state index contributed by atoms with van der Waals surface area (Å²) >= 11 is 0. The molecular weight excluding hydrogens is 216 g/mol. The van der Waals surface area contributed by atoms with Gasteiger partial charge in [-0.1, -0.05) is 0 Å². The summed E-state index contributed by atoms with van der Waals surface area (Å²) in [5, 5.41) is 3.15. The molecule has 1 saturated heterocycles. The van der Waals surface area contributed by atoms with Crippen molar-refractivity contribution in [3.05, 3.63) is 18.0 Å². The highest BCUT2D eigenvalue weighted by Crippen LogP contribution is 2.25. The van der Waals surface area contributed by atoms with Crippen LogP contribution >= 0.6 is 0 Å². The van der Waals surface area contributed by atoms with Crippen molar-refractivity contribution in [2.24, 2.45) is 5.73 Å². The zero-order valence-electron chi connectivity index (χ0n) is 10.1. The average molecular weight is 236 g/mol. The predicted molar refractivity (Wildman–Crippen MR) is 67.0 cm³/mol. The van der Waals surface area contributed by atoms with Crippen LogP contribution in [0.1, 0.15) is 30.7 Å². The Morgan fingerprint density at radius 2 is 2.00 bits per heavy atom. The molecule has 2 rings (SSSR count). The molecule has 1 aromatic heterocycles. The molecule has 0 unspecified atom stereocenters. The van der Waals surface area contributed by atoms with E-state index in [1.54, 1.807) is 0 Å². The van der Waals surface area contributed by atoms with Gasteiger partial charge in [-0.2, -0.15) is 0 Å². The van der Waals surface area contributed by atoms with Crippen LogP contribution in [0.5, 0.6) is 0 Å². The van der Waals surface area contributed by atoms with Crippen LogP contribution in [0.4, 0.5) is 5.95 Å². The summed E-state index contributed by atoms with van der Waals surface area (Å²) in [6.07, 6.45) is 6.93. The lowest BCUT2D eigenvalue weighted by molar-refractivity contribution is 0.0852. The van der Waals surface area contributed by atoms with Crippen molar-refractivity contribution in [2.75, 3.05) is 31.6 Å². The molecule has 3 N–H and O–H groups in total. The second-order valence-electron chi connectivity index (χ2n) is 4.30. The molecular formula is C12H20N4O. The summed E-state index contributed by atoms with van der Waals surface area (Å²) in [5.74, 6) is 1.25. The Hall–Kier alpha value is -1.20. The van der Waals surface area contributed by atoms with Crippen molar-refractivity contribution in [3.8, 4) is 0 Å². The van der Waals surface area contributed by atoms with Crippen LogP contribution < -0.4 is 11.1 Å². The molecule has 0 bridgehead atoms. The fourth-order valence-electron chi connectivity index (χ4n) is 1.97. The van der Waals surface area contributed by atoms with Crippen molar-refractivity contribution in [2.45, 2.75) is 25.2 Å². The van der Waals surface area contributed by atoms with E-state index in [1.165, 1.54) is 5.56 Å². The smallest absolute Gasteiger partial charge is 0.222 e. The number of aromatic nitrogens is 2. The standard InChI is InChI=1S/C12H20N4O/c13-4-1-5-14-12-15-8-11(9-16-12)10-2-6-17-7-3-10/h8-10H,1-7,13H2,(H,14,15,16). The maximum atomic E-state index is 5.42. The van der Waals surface area contributed by atoms with Crippen molar-refractivity contribution < 1.29 is 4.74 Å². The lowest BCUT2D eigenvalue weighted by Crippen LogP contribution is -2.15. The number of rotatable bonds is 5. The van der Waals surface area contributed by atoms with Crippen LogP contribution in [-0.4, -0.2) is 36.3 Å². The Kier molecular flexibility index (Phi) is 4.70. The van der Waals surface area contributed by atoms with Crippen LogP contribution in [0, 0.1) is 0 Å². The molecule has 17 heavy (non-hydrogen) atoms. The first-order chi connectivity index (χ1) is 8.40. The normalized spacial score (nSPS) is 17.0. The van der Waals surface area contributed by atoms with Gasteiger partial charge in [0.25, 0.3) is 0 Å². The number of hydrogen-bond acceptors (Lipinski definition) is 5. The molecule has 1 aliphatic heterocycles. The first kappa shape index (κ1) is 12.3. The topological polar surface area (TPSA) is 73.1 Å². The highest BCUT2D eigenvalue weighted by Gasteiger charge is 2.16. The van der Waals surface area contributed by atoms with Gasteiger partial charge in [-0.3, -0.25) is 0 Å². The van der Waals surface area contributed by atoms with E-state index in [4.69, 9.17) is 10.5 Å². The van der Waals surface area contributed by atoms with Crippen LogP contribution in [0.2, 0.25) is 0 Å². The van der Waals surface area contributed by atoms with E-state index in [2.05, 4.69) is 15.3 Å². The van der Waals surface area contributed by atoms with Crippen molar-refractivity contribution in [3.63, 3.8) is 0 Å². The van der Waals surface area contributed by atoms with Gasteiger partial charge in [-0.25, -0.2) is 9.97 Å². The van der Waals surface area contributed by atoms with Gasteiger partial charge in [0.15, 0.2) is 0 Å². The fourth-order valence-corrected chi connectivity index (χ4v) is 1.97. The molecule has 1 aliphatic rings. The number of nitrogens with two attached hydrogens (primary N) is 1. The second-order valence-corrected chi connectivity index (χ2v) is 4.30. The van der Waals surface area contributed by atoms with E-state index < -0.39 is 0 Å². The van der Waals surface area contributed by atoms with Crippen LogP contribution in [0.3, 0.4) is 0 Å². The molecule has 0 amide bonds. The summed E-state index contributed by atoms with van der Waals surface area (Å²) in [4.78, 5) is 8.64. The number of nitrogens with one attached hydrogen (secondary N) is 1. The van der Waals surface area contributed by atoms with E-state index in [1.807, 2.05) is 12.4 Å². The lowest BCUT2D eigenvalue weighted by Gasteiger charge is -2.21. The molecule has 1 fully saturated rings. The summed E-state index contributed by atoms with van der Waals surface area (Å²) in [6, 6.07) is 0. The third-order valence-electron chi connectivity index (χ3n) is 3.03. The number of ether oxygens (including phenoxy) is 1. The quantitative estimate of drug-likeness (QED) is 0.750. The molecule has 0 atom stereocenters. The molecule has 0 saturated carbocycles. The van der Waals surface area contributed by atoms with Gasteiger partial charge >= 0.3 is 0 Å². The SMILES string of the molecule is NCCCNc1ncc(C2CCOCC2)cn1. The summed E-state index contributed by atoms with van der Waals surface area (Å²) < 4.78 is 5.35. The number of nitrogens with zero attached hydrogens (tertiary/aromatic N) is 2. The summed E-state index contributed by atoms with van der Waals surface area (Å²) in [6.45, 7) is 3.21. The molecule has 94 valence electrons. The summed E-state index contributed by atoms with van der Waals surface area (Å²) in [7, 11) is 0. The zero-order chi connectivity index (χ0) is 11.9. The highest BCUT2D eigenvalue weighted by atomic mass is 16.5. The van der Waals surface area contributed by atoms with E-state index in [-0.39, 0.29) is 0 Å². The van der Waals surface area contributed by atoms with Crippen molar-refractivity contribution >= 4 is 5.95 Å². The maximum Gasteiger partial charge on any atom is 0.222 e.